The molecule has 1 aromatic carbocycles. The molecule has 1 amide bonds. The Balaban J connectivity index is 1.38. The van der Waals surface area contributed by atoms with Gasteiger partial charge in [0.1, 0.15) is 12.1 Å². The minimum Gasteiger partial charge on any atom is -0.357 e. The van der Waals surface area contributed by atoms with Crippen LogP contribution in [-0.2, 0) is 0 Å². The normalized spacial score (nSPS) is 17.9. The summed E-state index contributed by atoms with van der Waals surface area (Å²) < 4.78 is 0. The van der Waals surface area contributed by atoms with Crippen LogP contribution in [0, 0.1) is 0 Å². The van der Waals surface area contributed by atoms with Gasteiger partial charge < -0.3 is 15.1 Å². The molecular weight excluding hydrogens is 362 g/mol. The van der Waals surface area contributed by atoms with Crippen molar-refractivity contribution >= 4 is 11.7 Å². The van der Waals surface area contributed by atoms with Crippen molar-refractivity contribution in [2.24, 2.45) is 0 Å². The molecule has 6 heteroatoms. The number of anilines is 1. The highest BCUT2D eigenvalue weighted by Gasteiger charge is 2.15. The Hall–Kier alpha value is -2.47. The molecule has 0 saturated carbocycles. The van der Waals surface area contributed by atoms with Gasteiger partial charge in [0.15, 0.2) is 0 Å². The molecule has 154 valence electrons. The van der Waals surface area contributed by atoms with Crippen LogP contribution in [0.3, 0.4) is 0 Å². The molecule has 4 rings (SSSR count). The highest BCUT2D eigenvalue weighted by atomic mass is 16.1. The molecule has 2 fully saturated rings. The molecule has 1 aromatic heterocycles. The van der Waals surface area contributed by atoms with Crippen LogP contribution in [0.1, 0.15) is 48.9 Å². The summed E-state index contributed by atoms with van der Waals surface area (Å²) in [5, 5.41) is 3.08. The lowest BCUT2D eigenvalue weighted by Crippen LogP contribution is -2.35. The maximum Gasteiger partial charge on any atom is 0.251 e. The number of hydrogen-bond acceptors (Lipinski definition) is 5. The van der Waals surface area contributed by atoms with E-state index in [9.17, 15) is 4.79 Å². The molecule has 0 aliphatic carbocycles. The van der Waals surface area contributed by atoms with Gasteiger partial charge in [0.2, 0.25) is 0 Å². The van der Waals surface area contributed by atoms with Gasteiger partial charge in [-0.3, -0.25) is 4.79 Å². The van der Waals surface area contributed by atoms with Gasteiger partial charge in [-0.2, -0.15) is 0 Å². The molecule has 6 nitrogen and oxygen atoms in total. The molecule has 0 unspecified atom stereocenters. The summed E-state index contributed by atoms with van der Waals surface area (Å²) in [4.78, 5) is 26.3. The number of amides is 1. The summed E-state index contributed by atoms with van der Waals surface area (Å²) in [6.45, 7) is 6.02. The van der Waals surface area contributed by atoms with Crippen molar-refractivity contribution in [1.29, 1.82) is 0 Å². The second-order valence-electron chi connectivity index (χ2n) is 8.05. The smallest absolute Gasteiger partial charge is 0.251 e. The fourth-order valence-corrected chi connectivity index (χ4v) is 4.23. The quantitative estimate of drug-likeness (QED) is 0.816. The zero-order chi connectivity index (χ0) is 19.9. The molecule has 2 aliphatic heterocycles. The predicted molar refractivity (Wildman–Crippen MR) is 116 cm³/mol. The summed E-state index contributed by atoms with van der Waals surface area (Å²) in [7, 11) is 0. The van der Waals surface area contributed by atoms with E-state index in [2.05, 4.69) is 25.1 Å². The van der Waals surface area contributed by atoms with Gasteiger partial charge in [-0.25, -0.2) is 9.97 Å². The van der Waals surface area contributed by atoms with Crippen LogP contribution in [0.15, 0.2) is 36.7 Å². The number of rotatable bonds is 6. The third kappa shape index (κ3) is 5.32. The molecule has 2 saturated heterocycles. The molecule has 1 N–H and O–H groups in total. The first-order valence-corrected chi connectivity index (χ1v) is 11.0. The van der Waals surface area contributed by atoms with E-state index in [4.69, 9.17) is 0 Å². The molecule has 0 spiro atoms. The first-order valence-electron chi connectivity index (χ1n) is 11.0. The van der Waals surface area contributed by atoms with Gasteiger partial charge in [0.05, 0.1) is 5.69 Å². The van der Waals surface area contributed by atoms with E-state index < -0.39 is 0 Å². The monoisotopic (exact) mass is 393 g/mol. The number of nitrogens with zero attached hydrogens (tertiary/aromatic N) is 4. The fourth-order valence-electron chi connectivity index (χ4n) is 4.23. The van der Waals surface area contributed by atoms with Crippen molar-refractivity contribution in [3.8, 4) is 11.3 Å². The molecule has 29 heavy (non-hydrogen) atoms. The summed E-state index contributed by atoms with van der Waals surface area (Å²) in [6.07, 6.45) is 9.26. The third-order valence-electron chi connectivity index (χ3n) is 5.92. The number of nitrogens with one attached hydrogen (secondary N) is 1. The van der Waals surface area contributed by atoms with Crippen molar-refractivity contribution < 1.29 is 4.79 Å². The topological polar surface area (TPSA) is 61.4 Å². The van der Waals surface area contributed by atoms with E-state index in [1.807, 2.05) is 30.3 Å². The van der Waals surface area contributed by atoms with Crippen molar-refractivity contribution in [1.82, 2.24) is 20.2 Å². The summed E-state index contributed by atoms with van der Waals surface area (Å²) in [6, 6.07) is 9.76. The van der Waals surface area contributed by atoms with E-state index in [-0.39, 0.29) is 5.91 Å². The maximum atomic E-state index is 12.6. The largest absolute Gasteiger partial charge is 0.357 e. The number of aromatic nitrogens is 2. The molecular formula is C23H31N5O. The number of likely N-dealkylation sites (tertiary alicyclic amines) is 1. The Labute approximate surface area is 173 Å². The van der Waals surface area contributed by atoms with E-state index >= 15 is 0 Å². The summed E-state index contributed by atoms with van der Waals surface area (Å²) in [5.41, 5.74) is 2.49. The van der Waals surface area contributed by atoms with Crippen LogP contribution in [0.25, 0.3) is 11.3 Å². The number of hydrogen-bond donors (Lipinski definition) is 1. The maximum absolute atomic E-state index is 12.6. The Kier molecular flexibility index (Phi) is 6.72. The number of benzene rings is 1. The van der Waals surface area contributed by atoms with Crippen LogP contribution >= 0.6 is 0 Å². The van der Waals surface area contributed by atoms with Crippen LogP contribution in [0.2, 0.25) is 0 Å². The van der Waals surface area contributed by atoms with E-state index in [0.717, 1.165) is 49.8 Å². The molecule has 2 aromatic rings. The highest BCUT2D eigenvalue weighted by molar-refractivity contribution is 5.95. The average Bonchev–Trinajstić information content (AvgIpc) is 3.19. The molecule has 2 aliphatic rings. The fraction of sp³-hybridized carbons (Fsp3) is 0.522. The lowest BCUT2D eigenvalue weighted by Gasteiger charge is -2.19. The first-order chi connectivity index (χ1) is 14.3. The number of carbonyl (C=O) groups excluding carboxylic acids is 1. The zero-order valence-corrected chi connectivity index (χ0v) is 17.1. The Morgan fingerprint density at radius 3 is 2.48 bits per heavy atom. The minimum absolute atomic E-state index is 0.0181. The lowest BCUT2D eigenvalue weighted by molar-refractivity contribution is 0.0948. The van der Waals surface area contributed by atoms with E-state index in [1.165, 1.54) is 38.5 Å². The average molecular weight is 394 g/mol. The second kappa shape index (κ2) is 9.83. The van der Waals surface area contributed by atoms with Crippen molar-refractivity contribution in [3.63, 3.8) is 0 Å². The van der Waals surface area contributed by atoms with Gasteiger partial charge in [0, 0.05) is 43.4 Å². The van der Waals surface area contributed by atoms with Crippen molar-refractivity contribution in [2.75, 3.05) is 44.2 Å². The van der Waals surface area contributed by atoms with E-state index in [1.54, 1.807) is 6.33 Å². The molecule has 3 heterocycles. The SMILES string of the molecule is O=C(NCCN1CCCCCC1)c1cccc(-c2cc(N3CCCC3)ncn2)c1. The van der Waals surface area contributed by atoms with Crippen LogP contribution in [0.4, 0.5) is 5.82 Å². The van der Waals surface area contributed by atoms with Crippen LogP contribution < -0.4 is 10.2 Å². The zero-order valence-electron chi connectivity index (χ0n) is 17.1. The number of carbonyl (C=O) groups is 1. The van der Waals surface area contributed by atoms with Gasteiger partial charge in [-0.1, -0.05) is 25.0 Å². The Morgan fingerprint density at radius 1 is 0.931 bits per heavy atom. The molecule has 0 radical (unpaired) electrons. The Bertz CT molecular complexity index is 810. The first kappa shape index (κ1) is 19.8. The van der Waals surface area contributed by atoms with Gasteiger partial charge in [-0.15, -0.1) is 0 Å². The van der Waals surface area contributed by atoms with Crippen molar-refractivity contribution in [3.05, 3.63) is 42.2 Å². The molecule has 0 atom stereocenters. The van der Waals surface area contributed by atoms with Gasteiger partial charge >= 0.3 is 0 Å². The van der Waals surface area contributed by atoms with Crippen LogP contribution in [0.5, 0.6) is 0 Å². The third-order valence-corrected chi connectivity index (χ3v) is 5.92. The van der Waals surface area contributed by atoms with Crippen LogP contribution in [-0.4, -0.2) is 60.0 Å². The predicted octanol–water partition coefficient (Wildman–Crippen LogP) is 3.35. The standard InChI is InChI=1S/C23H31N5O/c29-23(24-10-15-27-11-3-1-2-4-12-27)20-9-7-8-19(16-20)21-17-22(26-18-25-21)28-13-5-6-14-28/h7-9,16-18H,1-6,10-15H2,(H,24,29). The minimum atomic E-state index is -0.0181. The lowest BCUT2D eigenvalue weighted by atomic mass is 10.1. The van der Waals surface area contributed by atoms with Crippen molar-refractivity contribution in [2.45, 2.75) is 38.5 Å². The molecule has 0 bridgehead atoms. The summed E-state index contributed by atoms with van der Waals surface area (Å²) >= 11 is 0. The van der Waals surface area contributed by atoms with Gasteiger partial charge in [0.25, 0.3) is 5.91 Å². The Morgan fingerprint density at radius 2 is 1.69 bits per heavy atom. The van der Waals surface area contributed by atoms with Gasteiger partial charge in [-0.05, 0) is 50.9 Å². The summed E-state index contributed by atoms with van der Waals surface area (Å²) in [5.74, 6) is 0.954. The van der Waals surface area contributed by atoms with E-state index in [0.29, 0.717) is 12.1 Å². The second-order valence-corrected chi connectivity index (χ2v) is 8.05. The highest BCUT2D eigenvalue weighted by Crippen LogP contribution is 2.24.